The Balaban J connectivity index is 1.62. The Morgan fingerprint density at radius 3 is 2.33 bits per heavy atom. The van der Waals surface area contributed by atoms with Gasteiger partial charge >= 0.3 is 6.03 Å². The van der Waals surface area contributed by atoms with Crippen LogP contribution in [0.1, 0.15) is 42.6 Å². The number of aromatic nitrogens is 2. The highest BCUT2D eigenvalue weighted by Crippen LogP contribution is 2.09. The van der Waals surface area contributed by atoms with Crippen LogP contribution in [0.4, 0.5) is 4.79 Å². The standard InChI is InChI=1S/C17H24N4O3/c1-12(2)16-20-15(24-21-16)8-10-19-17(23)18-9-7-13-3-5-14(11-22)6-4-13/h3-6,12,22H,7-11H2,1-2H3,(H2,18,19,23). The molecule has 1 aromatic carbocycles. The van der Waals surface area contributed by atoms with Crippen LogP contribution in [0.3, 0.4) is 0 Å². The van der Waals surface area contributed by atoms with Gasteiger partial charge in [0, 0.05) is 25.4 Å². The van der Waals surface area contributed by atoms with Gasteiger partial charge in [-0.15, -0.1) is 0 Å². The van der Waals surface area contributed by atoms with Gasteiger partial charge in [-0.25, -0.2) is 4.79 Å². The number of carbonyl (C=O) groups excluding carboxylic acids is 1. The maximum absolute atomic E-state index is 11.7. The lowest BCUT2D eigenvalue weighted by Crippen LogP contribution is -2.37. The molecule has 0 atom stereocenters. The molecule has 2 rings (SSSR count). The second-order valence-corrected chi connectivity index (χ2v) is 5.86. The maximum Gasteiger partial charge on any atom is 0.314 e. The first kappa shape index (κ1) is 17.9. The van der Waals surface area contributed by atoms with E-state index in [2.05, 4.69) is 20.8 Å². The van der Waals surface area contributed by atoms with Crippen molar-refractivity contribution in [3.63, 3.8) is 0 Å². The monoisotopic (exact) mass is 332 g/mol. The molecule has 2 amide bonds. The number of hydrogen-bond donors (Lipinski definition) is 3. The van der Waals surface area contributed by atoms with Crippen LogP contribution < -0.4 is 10.6 Å². The summed E-state index contributed by atoms with van der Waals surface area (Å²) in [6.45, 7) is 5.02. The van der Waals surface area contributed by atoms with Crippen LogP contribution in [0.2, 0.25) is 0 Å². The Morgan fingerprint density at radius 2 is 1.75 bits per heavy atom. The van der Waals surface area contributed by atoms with Gasteiger partial charge in [-0.05, 0) is 17.5 Å². The number of rotatable bonds is 8. The van der Waals surface area contributed by atoms with E-state index in [-0.39, 0.29) is 18.6 Å². The number of carbonyl (C=O) groups is 1. The molecule has 0 radical (unpaired) electrons. The first-order valence-electron chi connectivity index (χ1n) is 8.11. The molecule has 0 aliphatic rings. The quantitative estimate of drug-likeness (QED) is 0.684. The Labute approximate surface area is 141 Å². The maximum atomic E-state index is 11.7. The van der Waals surface area contributed by atoms with E-state index in [1.807, 2.05) is 38.1 Å². The fourth-order valence-electron chi connectivity index (χ4n) is 2.08. The van der Waals surface area contributed by atoms with Crippen molar-refractivity contribution in [3.8, 4) is 0 Å². The average molecular weight is 332 g/mol. The van der Waals surface area contributed by atoms with Crippen molar-refractivity contribution in [3.05, 3.63) is 47.1 Å². The molecule has 7 heteroatoms. The van der Waals surface area contributed by atoms with Crippen molar-refractivity contribution in [1.82, 2.24) is 20.8 Å². The largest absolute Gasteiger partial charge is 0.392 e. The number of hydrogen-bond acceptors (Lipinski definition) is 5. The van der Waals surface area contributed by atoms with Gasteiger partial charge in [-0.3, -0.25) is 0 Å². The van der Waals surface area contributed by atoms with Gasteiger partial charge in [0.1, 0.15) is 0 Å². The second-order valence-electron chi connectivity index (χ2n) is 5.86. The van der Waals surface area contributed by atoms with Gasteiger partial charge in [-0.2, -0.15) is 4.98 Å². The molecular formula is C17H24N4O3. The number of urea groups is 1. The van der Waals surface area contributed by atoms with Crippen LogP contribution in [0.15, 0.2) is 28.8 Å². The molecule has 24 heavy (non-hydrogen) atoms. The number of nitrogens with one attached hydrogen (secondary N) is 2. The molecule has 0 saturated carbocycles. The van der Waals surface area contributed by atoms with E-state index in [1.165, 1.54) is 0 Å². The zero-order chi connectivity index (χ0) is 17.4. The minimum absolute atomic E-state index is 0.0413. The molecule has 0 bridgehead atoms. The van der Waals surface area contributed by atoms with E-state index in [0.717, 1.165) is 17.5 Å². The molecular weight excluding hydrogens is 308 g/mol. The molecule has 1 aromatic heterocycles. The summed E-state index contributed by atoms with van der Waals surface area (Å²) in [5.74, 6) is 1.44. The van der Waals surface area contributed by atoms with Crippen molar-refractivity contribution < 1.29 is 14.4 Å². The highest BCUT2D eigenvalue weighted by Gasteiger charge is 2.09. The lowest BCUT2D eigenvalue weighted by Gasteiger charge is -2.07. The summed E-state index contributed by atoms with van der Waals surface area (Å²) in [5.41, 5.74) is 1.99. The number of amides is 2. The van der Waals surface area contributed by atoms with E-state index >= 15 is 0 Å². The lowest BCUT2D eigenvalue weighted by molar-refractivity contribution is 0.240. The smallest absolute Gasteiger partial charge is 0.314 e. The van der Waals surface area contributed by atoms with Crippen molar-refractivity contribution in [2.45, 2.75) is 39.2 Å². The van der Waals surface area contributed by atoms with Gasteiger partial charge in [0.05, 0.1) is 6.61 Å². The predicted molar refractivity (Wildman–Crippen MR) is 89.6 cm³/mol. The topological polar surface area (TPSA) is 100 Å². The normalized spacial score (nSPS) is 10.8. The molecule has 0 aliphatic heterocycles. The molecule has 1 heterocycles. The summed E-state index contributed by atoms with van der Waals surface area (Å²) in [6, 6.07) is 7.45. The van der Waals surface area contributed by atoms with Crippen molar-refractivity contribution in [1.29, 1.82) is 0 Å². The molecule has 0 aliphatic carbocycles. The zero-order valence-electron chi connectivity index (χ0n) is 14.1. The third-order valence-corrected chi connectivity index (χ3v) is 3.53. The van der Waals surface area contributed by atoms with Crippen LogP contribution in [-0.4, -0.2) is 34.4 Å². The highest BCUT2D eigenvalue weighted by molar-refractivity contribution is 5.73. The van der Waals surface area contributed by atoms with Crippen molar-refractivity contribution >= 4 is 6.03 Å². The van der Waals surface area contributed by atoms with E-state index in [4.69, 9.17) is 9.63 Å². The summed E-state index contributed by atoms with van der Waals surface area (Å²) < 4.78 is 5.11. The fraction of sp³-hybridized carbons (Fsp3) is 0.471. The molecule has 3 N–H and O–H groups in total. The van der Waals surface area contributed by atoms with Gasteiger partial charge in [0.25, 0.3) is 0 Å². The summed E-state index contributed by atoms with van der Waals surface area (Å²) in [6.07, 6.45) is 1.25. The fourth-order valence-corrected chi connectivity index (χ4v) is 2.08. The molecule has 0 unspecified atom stereocenters. The SMILES string of the molecule is CC(C)c1noc(CCNC(=O)NCCc2ccc(CO)cc2)n1. The highest BCUT2D eigenvalue weighted by atomic mass is 16.5. The number of aliphatic hydroxyl groups excluding tert-OH is 1. The Hall–Kier alpha value is -2.41. The zero-order valence-corrected chi connectivity index (χ0v) is 14.1. The predicted octanol–water partition coefficient (Wildman–Crippen LogP) is 1.77. The van der Waals surface area contributed by atoms with Crippen LogP contribution in [0, 0.1) is 0 Å². The molecule has 0 saturated heterocycles. The summed E-state index contributed by atoms with van der Waals surface area (Å²) in [4.78, 5) is 16.0. The minimum atomic E-state index is -0.217. The van der Waals surface area contributed by atoms with Gasteiger partial charge < -0.3 is 20.3 Å². The molecule has 0 spiro atoms. The van der Waals surface area contributed by atoms with Crippen molar-refractivity contribution in [2.75, 3.05) is 13.1 Å². The third kappa shape index (κ3) is 5.66. The average Bonchev–Trinajstić information content (AvgIpc) is 3.05. The first-order valence-corrected chi connectivity index (χ1v) is 8.11. The van der Waals surface area contributed by atoms with E-state index in [9.17, 15) is 4.79 Å². The molecule has 2 aromatic rings. The first-order chi connectivity index (χ1) is 11.6. The minimum Gasteiger partial charge on any atom is -0.392 e. The van der Waals surface area contributed by atoms with Gasteiger partial charge in [0.15, 0.2) is 5.82 Å². The Morgan fingerprint density at radius 1 is 1.12 bits per heavy atom. The molecule has 7 nitrogen and oxygen atoms in total. The number of nitrogens with zero attached hydrogens (tertiary/aromatic N) is 2. The number of benzene rings is 1. The van der Waals surface area contributed by atoms with Crippen LogP contribution in [-0.2, 0) is 19.4 Å². The number of aliphatic hydroxyl groups is 1. The summed E-state index contributed by atoms with van der Waals surface area (Å²) >= 11 is 0. The van der Waals surface area contributed by atoms with Gasteiger partial charge in [0.2, 0.25) is 5.89 Å². The van der Waals surface area contributed by atoms with E-state index in [0.29, 0.717) is 31.2 Å². The van der Waals surface area contributed by atoms with Crippen LogP contribution in [0.5, 0.6) is 0 Å². The lowest BCUT2D eigenvalue weighted by atomic mass is 10.1. The van der Waals surface area contributed by atoms with Gasteiger partial charge in [-0.1, -0.05) is 43.3 Å². The van der Waals surface area contributed by atoms with E-state index in [1.54, 1.807) is 0 Å². The summed E-state index contributed by atoms with van der Waals surface area (Å²) in [5, 5.41) is 18.4. The molecule has 0 fully saturated rings. The van der Waals surface area contributed by atoms with Crippen molar-refractivity contribution in [2.24, 2.45) is 0 Å². The Bertz CT molecular complexity index is 638. The second kappa shape index (κ2) is 9.02. The third-order valence-electron chi connectivity index (χ3n) is 3.53. The van der Waals surface area contributed by atoms with E-state index < -0.39 is 0 Å². The summed E-state index contributed by atoms with van der Waals surface area (Å²) in [7, 11) is 0. The van der Waals surface area contributed by atoms with Crippen LogP contribution >= 0.6 is 0 Å². The Kier molecular flexibility index (Phi) is 6.74. The molecule has 130 valence electrons. The van der Waals surface area contributed by atoms with Crippen LogP contribution in [0.25, 0.3) is 0 Å².